The summed E-state index contributed by atoms with van der Waals surface area (Å²) in [6.45, 7) is 14.8. The summed E-state index contributed by atoms with van der Waals surface area (Å²) in [5, 5.41) is 10.2. The Morgan fingerprint density at radius 2 is 1.80 bits per heavy atom. The standard InChI is InChI=1S/C29H48O/c1-7-21(19(2)3)9-8-20(4)25-12-13-26-24-11-10-22-18-23(30)14-16-28(22,5)27(24)15-17-29(25,26)6/h8-10,19-21,23-27,30H,7,11-18H2,1-6H3/b9-8+/t20?,21?,23-,24-,25+,26-,27-,28-,29+/m0/s1. The highest BCUT2D eigenvalue weighted by molar-refractivity contribution is 5.25. The monoisotopic (exact) mass is 412 g/mol. The van der Waals surface area contributed by atoms with Crippen LogP contribution in [0.4, 0.5) is 0 Å². The molecule has 0 amide bonds. The molecule has 0 saturated heterocycles. The van der Waals surface area contributed by atoms with Crippen molar-refractivity contribution in [1.29, 1.82) is 0 Å². The Hall–Kier alpha value is -0.560. The molecule has 1 N–H and O–H groups in total. The molecular formula is C29H48O. The van der Waals surface area contributed by atoms with Gasteiger partial charge in [0, 0.05) is 0 Å². The third kappa shape index (κ3) is 3.66. The SMILES string of the molecule is CCC(/C=C/C(C)[C@H]1CC[C@H]2[C@@H]3CC=C4C[C@@H](O)CC[C@]4(C)[C@H]3CC[C@]12C)C(C)C. The maximum absolute atomic E-state index is 10.2. The van der Waals surface area contributed by atoms with Gasteiger partial charge < -0.3 is 5.11 Å². The van der Waals surface area contributed by atoms with Crippen molar-refractivity contribution in [3.8, 4) is 0 Å². The van der Waals surface area contributed by atoms with Gasteiger partial charge in [-0.2, -0.15) is 0 Å². The molecule has 3 saturated carbocycles. The van der Waals surface area contributed by atoms with Gasteiger partial charge in [0.25, 0.3) is 0 Å². The Morgan fingerprint density at radius 1 is 1.03 bits per heavy atom. The van der Waals surface area contributed by atoms with Gasteiger partial charge in [-0.05, 0) is 110 Å². The Bertz CT molecular complexity index is 674. The number of fused-ring (bicyclic) bond motifs is 5. The molecule has 0 aliphatic heterocycles. The summed E-state index contributed by atoms with van der Waals surface area (Å²) >= 11 is 0. The van der Waals surface area contributed by atoms with Crippen molar-refractivity contribution in [2.24, 2.45) is 52.3 Å². The Labute approximate surface area is 186 Å². The predicted molar refractivity (Wildman–Crippen MR) is 128 cm³/mol. The topological polar surface area (TPSA) is 20.2 Å². The van der Waals surface area contributed by atoms with Crippen molar-refractivity contribution in [1.82, 2.24) is 0 Å². The van der Waals surface area contributed by atoms with Crippen LogP contribution in [-0.2, 0) is 0 Å². The third-order valence-electron chi connectivity index (χ3n) is 10.8. The summed E-state index contributed by atoms with van der Waals surface area (Å²) in [4.78, 5) is 0. The average Bonchev–Trinajstić information content (AvgIpc) is 3.06. The molecule has 170 valence electrons. The molecule has 0 bridgehead atoms. The van der Waals surface area contributed by atoms with Crippen molar-refractivity contribution < 1.29 is 5.11 Å². The highest BCUT2D eigenvalue weighted by Crippen LogP contribution is 2.67. The zero-order valence-corrected chi connectivity index (χ0v) is 20.7. The minimum absolute atomic E-state index is 0.0870. The van der Waals surface area contributed by atoms with Gasteiger partial charge in [0.15, 0.2) is 0 Å². The Kier molecular flexibility index (Phi) is 6.35. The predicted octanol–water partition coefficient (Wildman–Crippen LogP) is 7.80. The molecule has 0 heterocycles. The van der Waals surface area contributed by atoms with E-state index in [9.17, 15) is 5.11 Å². The second-order valence-electron chi connectivity index (χ2n) is 12.4. The number of aliphatic hydroxyl groups excluding tert-OH is 1. The van der Waals surface area contributed by atoms with Crippen molar-refractivity contribution >= 4 is 0 Å². The second kappa shape index (κ2) is 8.42. The van der Waals surface area contributed by atoms with E-state index < -0.39 is 0 Å². The first-order chi connectivity index (χ1) is 14.2. The van der Waals surface area contributed by atoms with Crippen LogP contribution in [0.25, 0.3) is 0 Å². The first-order valence-corrected chi connectivity index (χ1v) is 13.3. The maximum Gasteiger partial charge on any atom is 0.0577 e. The van der Waals surface area contributed by atoms with E-state index in [1.807, 2.05) is 0 Å². The number of hydrogen-bond donors (Lipinski definition) is 1. The van der Waals surface area contributed by atoms with E-state index in [0.717, 1.165) is 48.3 Å². The van der Waals surface area contributed by atoms with Gasteiger partial charge in [0.2, 0.25) is 0 Å². The van der Waals surface area contributed by atoms with Crippen molar-refractivity contribution in [3.63, 3.8) is 0 Å². The largest absolute Gasteiger partial charge is 0.393 e. The fourth-order valence-electron chi connectivity index (χ4n) is 8.83. The summed E-state index contributed by atoms with van der Waals surface area (Å²) < 4.78 is 0. The molecule has 0 aromatic heterocycles. The molecule has 3 fully saturated rings. The van der Waals surface area contributed by atoms with Crippen molar-refractivity contribution in [2.45, 2.75) is 105 Å². The lowest BCUT2D eigenvalue weighted by Crippen LogP contribution is -2.50. The minimum Gasteiger partial charge on any atom is -0.393 e. The highest BCUT2D eigenvalue weighted by Gasteiger charge is 2.58. The number of rotatable bonds is 5. The summed E-state index contributed by atoms with van der Waals surface area (Å²) in [5.74, 6) is 5.70. The van der Waals surface area contributed by atoms with Gasteiger partial charge in [0.05, 0.1) is 6.10 Å². The van der Waals surface area contributed by atoms with Crippen LogP contribution in [0, 0.1) is 52.3 Å². The van der Waals surface area contributed by atoms with Crippen molar-refractivity contribution in [3.05, 3.63) is 23.8 Å². The molecule has 4 rings (SSSR count). The smallest absolute Gasteiger partial charge is 0.0577 e. The third-order valence-corrected chi connectivity index (χ3v) is 10.8. The van der Waals surface area contributed by atoms with Crippen LogP contribution in [-0.4, -0.2) is 11.2 Å². The molecule has 30 heavy (non-hydrogen) atoms. The number of hydrogen-bond acceptors (Lipinski definition) is 1. The maximum atomic E-state index is 10.2. The highest BCUT2D eigenvalue weighted by atomic mass is 16.3. The molecule has 0 spiro atoms. The van der Waals surface area contributed by atoms with Crippen LogP contribution in [0.2, 0.25) is 0 Å². The zero-order chi connectivity index (χ0) is 21.7. The van der Waals surface area contributed by atoms with E-state index in [2.05, 4.69) is 59.8 Å². The quantitative estimate of drug-likeness (QED) is 0.457. The van der Waals surface area contributed by atoms with Gasteiger partial charge in [0.1, 0.15) is 0 Å². The first kappa shape index (κ1) is 22.6. The summed E-state index contributed by atoms with van der Waals surface area (Å²) in [6, 6.07) is 0. The van der Waals surface area contributed by atoms with Gasteiger partial charge in [-0.15, -0.1) is 0 Å². The fourth-order valence-corrected chi connectivity index (χ4v) is 8.83. The van der Waals surface area contributed by atoms with Crippen molar-refractivity contribution in [2.75, 3.05) is 0 Å². The molecule has 0 radical (unpaired) electrons. The van der Waals surface area contributed by atoms with E-state index in [-0.39, 0.29) is 6.10 Å². The van der Waals surface area contributed by atoms with E-state index >= 15 is 0 Å². The molecule has 2 unspecified atom stereocenters. The molecule has 9 atom stereocenters. The van der Waals surface area contributed by atoms with Crippen LogP contribution in [0.3, 0.4) is 0 Å². The summed E-state index contributed by atoms with van der Waals surface area (Å²) in [6.07, 6.45) is 19.1. The lowest BCUT2D eigenvalue weighted by Gasteiger charge is -2.58. The van der Waals surface area contributed by atoms with E-state index in [1.165, 1.54) is 44.9 Å². The minimum atomic E-state index is -0.0870. The zero-order valence-electron chi connectivity index (χ0n) is 20.7. The molecule has 4 aliphatic carbocycles. The normalized spacial score (nSPS) is 45.6. The lowest BCUT2D eigenvalue weighted by molar-refractivity contribution is -0.0540. The Balaban J connectivity index is 1.52. The van der Waals surface area contributed by atoms with Crippen LogP contribution < -0.4 is 0 Å². The van der Waals surface area contributed by atoms with Crippen LogP contribution in [0.5, 0.6) is 0 Å². The number of allylic oxidation sites excluding steroid dienone is 3. The van der Waals surface area contributed by atoms with Gasteiger partial charge >= 0.3 is 0 Å². The molecule has 0 aromatic carbocycles. The summed E-state index contributed by atoms with van der Waals surface area (Å²) in [7, 11) is 0. The molecule has 1 nitrogen and oxygen atoms in total. The van der Waals surface area contributed by atoms with E-state index in [1.54, 1.807) is 5.57 Å². The molecular weight excluding hydrogens is 364 g/mol. The van der Waals surface area contributed by atoms with Crippen LogP contribution >= 0.6 is 0 Å². The Morgan fingerprint density at radius 3 is 2.50 bits per heavy atom. The van der Waals surface area contributed by atoms with Gasteiger partial charge in [-0.25, -0.2) is 0 Å². The summed E-state index contributed by atoms with van der Waals surface area (Å²) in [5.41, 5.74) is 2.51. The van der Waals surface area contributed by atoms with Crippen LogP contribution in [0.15, 0.2) is 23.8 Å². The fraction of sp³-hybridized carbons (Fsp3) is 0.862. The second-order valence-corrected chi connectivity index (χ2v) is 12.4. The lowest BCUT2D eigenvalue weighted by atomic mass is 9.47. The first-order valence-electron chi connectivity index (χ1n) is 13.3. The molecule has 4 aliphatic rings. The van der Waals surface area contributed by atoms with E-state index in [0.29, 0.717) is 16.7 Å². The van der Waals surface area contributed by atoms with E-state index in [4.69, 9.17) is 0 Å². The molecule has 1 heteroatoms. The van der Waals surface area contributed by atoms with Gasteiger partial charge in [-0.1, -0.05) is 65.3 Å². The number of aliphatic hydroxyl groups is 1. The van der Waals surface area contributed by atoms with Crippen LogP contribution in [0.1, 0.15) is 99.3 Å². The van der Waals surface area contributed by atoms with Gasteiger partial charge in [-0.3, -0.25) is 0 Å². The molecule has 0 aromatic rings. The average molecular weight is 413 g/mol.